The molecule has 0 saturated carbocycles. The molecule has 96 valence electrons. The predicted octanol–water partition coefficient (Wildman–Crippen LogP) is 4.97. The first-order valence-electron chi connectivity index (χ1n) is 5.93. The van der Waals surface area contributed by atoms with Crippen LogP contribution in [0, 0.1) is 0 Å². The van der Waals surface area contributed by atoms with Crippen molar-refractivity contribution in [2.24, 2.45) is 0 Å². The first-order chi connectivity index (χ1) is 8.69. The summed E-state index contributed by atoms with van der Waals surface area (Å²) in [6.07, 6.45) is 0. The number of hydrogen-bond donors (Lipinski definition) is 1. The number of anilines is 1. The minimum atomic E-state index is 0.236. The summed E-state index contributed by atoms with van der Waals surface area (Å²) in [6.45, 7) is 4.78. The minimum absolute atomic E-state index is 0.236. The van der Waals surface area contributed by atoms with Crippen LogP contribution in [-0.4, -0.2) is 6.61 Å². The number of thiophene rings is 1. The molecule has 0 bridgehead atoms. The van der Waals surface area contributed by atoms with Crippen LogP contribution in [0.15, 0.2) is 36.4 Å². The third kappa shape index (κ3) is 3.40. The SMILES string of the molecule is CCOc1cccc(NC(C)c2ccc(Cl)s2)c1. The molecule has 1 unspecified atom stereocenters. The molecule has 0 aliphatic rings. The molecule has 0 saturated heterocycles. The standard InChI is InChI=1S/C14H16ClNOS/c1-3-17-12-6-4-5-11(9-12)16-10(2)13-7-8-14(15)18-13/h4-10,16H,3H2,1-2H3. The molecule has 1 aromatic heterocycles. The van der Waals surface area contributed by atoms with E-state index in [2.05, 4.69) is 18.3 Å². The smallest absolute Gasteiger partial charge is 0.121 e. The second-order valence-corrected chi connectivity index (χ2v) is 5.72. The van der Waals surface area contributed by atoms with Crippen molar-refractivity contribution in [1.29, 1.82) is 0 Å². The first kappa shape index (κ1) is 13.2. The van der Waals surface area contributed by atoms with E-state index in [0.717, 1.165) is 15.8 Å². The van der Waals surface area contributed by atoms with Gasteiger partial charge in [0.1, 0.15) is 5.75 Å². The third-order valence-electron chi connectivity index (χ3n) is 2.55. The molecule has 0 spiro atoms. The van der Waals surface area contributed by atoms with Crippen molar-refractivity contribution in [3.05, 3.63) is 45.6 Å². The Kier molecular flexibility index (Phi) is 4.50. The van der Waals surface area contributed by atoms with E-state index in [0.29, 0.717) is 6.61 Å². The molecule has 1 heterocycles. The average Bonchev–Trinajstić information content (AvgIpc) is 2.77. The number of nitrogens with one attached hydrogen (secondary N) is 1. The molecule has 2 nitrogen and oxygen atoms in total. The van der Waals surface area contributed by atoms with Crippen molar-refractivity contribution < 1.29 is 4.74 Å². The lowest BCUT2D eigenvalue weighted by Crippen LogP contribution is -2.04. The number of hydrogen-bond acceptors (Lipinski definition) is 3. The van der Waals surface area contributed by atoms with Gasteiger partial charge in [0.2, 0.25) is 0 Å². The molecule has 0 aliphatic carbocycles. The van der Waals surface area contributed by atoms with Crippen molar-refractivity contribution >= 4 is 28.6 Å². The van der Waals surface area contributed by atoms with Gasteiger partial charge in [-0.25, -0.2) is 0 Å². The van der Waals surface area contributed by atoms with E-state index in [1.807, 2.05) is 37.3 Å². The average molecular weight is 282 g/mol. The van der Waals surface area contributed by atoms with Gasteiger partial charge in [-0.3, -0.25) is 0 Å². The number of rotatable bonds is 5. The number of ether oxygens (including phenoxy) is 1. The van der Waals surface area contributed by atoms with E-state index >= 15 is 0 Å². The highest BCUT2D eigenvalue weighted by Crippen LogP contribution is 2.29. The van der Waals surface area contributed by atoms with Gasteiger partial charge >= 0.3 is 0 Å². The predicted molar refractivity (Wildman–Crippen MR) is 79.0 cm³/mol. The Labute approximate surface area is 117 Å². The molecule has 1 aromatic carbocycles. The zero-order chi connectivity index (χ0) is 13.0. The van der Waals surface area contributed by atoms with Gasteiger partial charge in [-0.1, -0.05) is 17.7 Å². The largest absolute Gasteiger partial charge is 0.494 e. The van der Waals surface area contributed by atoms with Crippen LogP contribution in [0.4, 0.5) is 5.69 Å². The van der Waals surface area contributed by atoms with Crippen LogP contribution >= 0.6 is 22.9 Å². The van der Waals surface area contributed by atoms with Crippen LogP contribution in [0.25, 0.3) is 0 Å². The molecule has 0 radical (unpaired) electrons. The fraction of sp³-hybridized carbons (Fsp3) is 0.286. The quantitative estimate of drug-likeness (QED) is 0.835. The van der Waals surface area contributed by atoms with E-state index in [1.54, 1.807) is 11.3 Å². The molecule has 1 N–H and O–H groups in total. The van der Waals surface area contributed by atoms with E-state index in [4.69, 9.17) is 16.3 Å². The second kappa shape index (κ2) is 6.12. The monoisotopic (exact) mass is 281 g/mol. The highest BCUT2D eigenvalue weighted by molar-refractivity contribution is 7.16. The third-order valence-corrected chi connectivity index (χ3v) is 3.96. The lowest BCUT2D eigenvalue weighted by atomic mass is 10.2. The fourth-order valence-corrected chi connectivity index (χ4v) is 2.79. The Morgan fingerprint density at radius 3 is 2.83 bits per heavy atom. The molecule has 18 heavy (non-hydrogen) atoms. The van der Waals surface area contributed by atoms with Crippen LogP contribution in [-0.2, 0) is 0 Å². The van der Waals surface area contributed by atoms with E-state index in [9.17, 15) is 0 Å². The van der Waals surface area contributed by atoms with Gasteiger partial charge in [0.05, 0.1) is 17.0 Å². The lowest BCUT2D eigenvalue weighted by molar-refractivity contribution is 0.340. The Morgan fingerprint density at radius 1 is 1.33 bits per heavy atom. The molecule has 0 amide bonds. The lowest BCUT2D eigenvalue weighted by Gasteiger charge is -2.14. The van der Waals surface area contributed by atoms with Crippen LogP contribution in [0.2, 0.25) is 4.34 Å². The molecule has 0 aliphatic heterocycles. The van der Waals surface area contributed by atoms with E-state index in [-0.39, 0.29) is 6.04 Å². The molecule has 0 fully saturated rings. The van der Waals surface area contributed by atoms with Crippen molar-refractivity contribution in [2.45, 2.75) is 19.9 Å². The maximum Gasteiger partial charge on any atom is 0.121 e. The Morgan fingerprint density at radius 2 is 2.17 bits per heavy atom. The highest BCUT2D eigenvalue weighted by atomic mass is 35.5. The van der Waals surface area contributed by atoms with Crippen molar-refractivity contribution in [2.75, 3.05) is 11.9 Å². The molecular formula is C14H16ClNOS. The number of halogens is 1. The van der Waals surface area contributed by atoms with Gasteiger partial charge in [-0.2, -0.15) is 0 Å². The van der Waals surface area contributed by atoms with Gasteiger partial charge < -0.3 is 10.1 Å². The van der Waals surface area contributed by atoms with Crippen LogP contribution in [0.1, 0.15) is 24.8 Å². The maximum atomic E-state index is 5.94. The molecule has 2 aromatic rings. The van der Waals surface area contributed by atoms with Crippen LogP contribution in [0.5, 0.6) is 5.75 Å². The second-order valence-electron chi connectivity index (χ2n) is 3.97. The Balaban J connectivity index is 2.06. The van der Waals surface area contributed by atoms with Crippen molar-refractivity contribution in [1.82, 2.24) is 0 Å². The summed E-state index contributed by atoms with van der Waals surface area (Å²) < 4.78 is 6.30. The minimum Gasteiger partial charge on any atom is -0.494 e. The summed E-state index contributed by atoms with van der Waals surface area (Å²) in [4.78, 5) is 1.22. The molecule has 1 atom stereocenters. The summed E-state index contributed by atoms with van der Waals surface area (Å²) in [7, 11) is 0. The normalized spacial score (nSPS) is 12.2. The molecule has 2 rings (SSSR count). The zero-order valence-corrected chi connectivity index (χ0v) is 12.0. The summed E-state index contributed by atoms with van der Waals surface area (Å²) in [5.41, 5.74) is 1.05. The summed E-state index contributed by atoms with van der Waals surface area (Å²) in [5, 5.41) is 3.44. The Bertz CT molecular complexity index is 512. The maximum absolute atomic E-state index is 5.94. The van der Waals surface area contributed by atoms with E-state index < -0.39 is 0 Å². The molecular weight excluding hydrogens is 266 g/mol. The van der Waals surface area contributed by atoms with Crippen molar-refractivity contribution in [3.8, 4) is 5.75 Å². The number of benzene rings is 1. The summed E-state index contributed by atoms with van der Waals surface area (Å²) in [6, 6.07) is 12.2. The highest BCUT2D eigenvalue weighted by Gasteiger charge is 2.08. The topological polar surface area (TPSA) is 21.3 Å². The molecule has 4 heteroatoms. The van der Waals surface area contributed by atoms with Crippen LogP contribution in [0.3, 0.4) is 0 Å². The van der Waals surface area contributed by atoms with Gasteiger partial charge in [0.15, 0.2) is 0 Å². The van der Waals surface area contributed by atoms with E-state index in [1.165, 1.54) is 4.88 Å². The van der Waals surface area contributed by atoms with Crippen molar-refractivity contribution in [3.63, 3.8) is 0 Å². The summed E-state index contributed by atoms with van der Waals surface area (Å²) in [5.74, 6) is 0.888. The van der Waals surface area contributed by atoms with Gasteiger partial charge in [-0.15, -0.1) is 11.3 Å². The van der Waals surface area contributed by atoms with Gasteiger partial charge in [0.25, 0.3) is 0 Å². The Hall–Kier alpha value is -1.19. The van der Waals surface area contributed by atoms with Gasteiger partial charge in [0, 0.05) is 16.6 Å². The summed E-state index contributed by atoms with van der Waals surface area (Å²) >= 11 is 7.55. The van der Waals surface area contributed by atoms with Gasteiger partial charge in [-0.05, 0) is 38.1 Å². The first-order valence-corrected chi connectivity index (χ1v) is 7.13. The zero-order valence-electron chi connectivity index (χ0n) is 10.4. The van der Waals surface area contributed by atoms with Crippen LogP contribution < -0.4 is 10.1 Å². The fourth-order valence-electron chi connectivity index (χ4n) is 1.72.